The van der Waals surface area contributed by atoms with Gasteiger partial charge >= 0.3 is 0 Å². The van der Waals surface area contributed by atoms with E-state index in [0.717, 1.165) is 12.3 Å². The van der Waals surface area contributed by atoms with E-state index in [1.165, 1.54) is 48.6 Å². The Bertz CT molecular complexity index is 444. The van der Waals surface area contributed by atoms with Crippen molar-refractivity contribution in [2.24, 2.45) is 17.1 Å². The molecule has 2 heterocycles. The van der Waals surface area contributed by atoms with E-state index >= 15 is 0 Å². The average molecular weight is 278 g/mol. The third-order valence-electron chi connectivity index (χ3n) is 4.73. The minimum absolute atomic E-state index is 0.238. The summed E-state index contributed by atoms with van der Waals surface area (Å²) in [6.45, 7) is 5.91. The Morgan fingerprint density at radius 3 is 2.84 bits per heavy atom. The number of nitrogens with zero attached hydrogens (tertiary/aromatic N) is 1. The highest BCUT2D eigenvalue weighted by molar-refractivity contribution is 7.99. The van der Waals surface area contributed by atoms with Crippen molar-refractivity contribution < 1.29 is 0 Å². The molecule has 19 heavy (non-hydrogen) atoms. The van der Waals surface area contributed by atoms with Crippen molar-refractivity contribution in [1.82, 2.24) is 4.57 Å². The second-order valence-corrected chi connectivity index (χ2v) is 8.30. The Labute approximate surface area is 121 Å². The standard InChI is InChI=1S/C16H26N2S/c1-16(2)9-14(17)13-3-6-18(15(13)10-16)11-12-4-7-19-8-5-12/h3,6,12,14H,4-5,7-11,17H2,1-2H3. The van der Waals surface area contributed by atoms with E-state index in [2.05, 4.69) is 42.4 Å². The summed E-state index contributed by atoms with van der Waals surface area (Å²) in [7, 11) is 0. The first-order chi connectivity index (χ1) is 9.05. The minimum Gasteiger partial charge on any atom is -0.351 e. The normalized spacial score (nSPS) is 27.2. The first kappa shape index (κ1) is 13.6. The van der Waals surface area contributed by atoms with E-state index in [-0.39, 0.29) is 6.04 Å². The molecule has 3 heteroatoms. The summed E-state index contributed by atoms with van der Waals surface area (Å²) in [4.78, 5) is 0. The van der Waals surface area contributed by atoms with E-state index in [1.54, 1.807) is 0 Å². The summed E-state index contributed by atoms with van der Waals surface area (Å²) < 4.78 is 2.51. The van der Waals surface area contributed by atoms with Gasteiger partial charge in [-0.15, -0.1) is 0 Å². The van der Waals surface area contributed by atoms with Crippen molar-refractivity contribution in [1.29, 1.82) is 0 Å². The second kappa shape index (κ2) is 5.17. The SMILES string of the molecule is CC1(C)Cc2c(ccn2CC2CCSCC2)C(N)C1. The Hall–Kier alpha value is -0.410. The first-order valence-corrected chi connectivity index (χ1v) is 8.72. The molecule has 3 rings (SSSR count). The van der Waals surface area contributed by atoms with Crippen LogP contribution in [0, 0.1) is 11.3 Å². The molecule has 1 atom stereocenters. The van der Waals surface area contributed by atoms with Crippen LogP contribution >= 0.6 is 11.8 Å². The molecule has 0 saturated carbocycles. The fourth-order valence-electron chi connectivity index (χ4n) is 3.67. The summed E-state index contributed by atoms with van der Waals surface area (Å²) in [5.74, 6) is 3.57. The first-order valence-electron chi connectivity index (χ1n) is 7.56. The molecular weight excluding hydrogens is 252 g/mol. The third kappa shape index (κ3) is 2.87. The molecule has 1 aromatic rings. The lowest BCUT2D eigenvalue weighted by molar-refractivity contribution is 0.271. The quantitative estimate of drug-likeness (QED) is 0.896. The van der Waals surface area contributed by atoms with Gasteiger partial charge in [0.1, 0.15) is 0 Å². The van der Waals surface area contributed by atoms with E-state index in [4.69, 9.17) is 5.73 Å². The molecule has 0 spiro atoms. The van der Waals surface area contributed by atoms with Crippen LogP contribution < -0.4 is 5.73 Å². The highest BCUT2D eigenvalue weighted by Crippen LogP contribution is 2.40. The highest BCUT2D eigenvalue weighted by Gasteiger charge is 2.32. The summed E-state index contributed by atoms with van der Waals surface area (Å²) >= 11 is 2.11. The number of aromatic nitrogens is 1. The molecular formula is C16H26N2S. The molecule has 1 aliphatic heterocycles. The number of thioether (sulfide) groups is 1. The van der Waals surface area contributed by atoms with E-state index in [9.17, 15) is 0 Å². The largest absolute Gasteiger partial charge is 0.351 e. The number of hydrogen-bond donors (Lipinski definition) is 1. The Kier molecular flexibility index (Phi) is 3.69. The lowest BCUT2D eigenvalue weighted by Gasteiger charge is -2.35. The maximum Gasteiger partial charge on any atom is 0.0318 e. The highest BCUT2D eigenvalue weighted by atomic mass is 32.2. The molecule has 1 unspecified atom stereocenters. The molecule has 1 fully saturated rings. The second-order valence-electron chi connectivity index (χ2n) is 7.08. The lowest BCUT2D eigenvalue weighted by Crippen LogP contribution is -2.31. The number of hydrogen-bond acceptors (Lipinski definition) is 2. The molecule has 2 nitrogen and oxygen atoms in total. The number of fused-ring (bicyclic) bond motifs is 1. The average Bonchev–Trinajstić information content (AvgIpc) is 2.72. The van der Waals surface area contributed by atoms with Gasteiger partial charge in [-0.3, -0.25) is 0 Å². The predicted octanol–water partition coefficient (Wildman–Crippen LogP) is 3.60. The molecule has 1 aromatic heterocycles. The Morgan fingerprint density at radius 2 is 2.11 bits per heavy atom. The van der Waals surface area contributed by atoms with Crippen molar-refractivity contribution in [3.63, 3.8) is 0 Å². The minimum atomic E-state index is 0.238. The van der Waals surface area contributed by atoms with Crippen LogP contribution in [0.25, 0.3) is 0 Å². The molecule has 0 radical (unpaired) electrons. The van der Waals surface area contributed by atoms with E-state index < -0.39 is 0 Å². The molecule has 2 aliphatic rings. The van der Waals surface area contributed by atoms with Crippen molar-refractivity contribution in [3.05, 3.63) is 23.5 Å². The topological polar surface area (TPSA) is 30.9 Å². The van der Waals surface area contributed by atoms with Crippen molar-refractivity contribution in [3.8, 4) is 0 Å². The van der Waals surface area contributed by atoms with Gasteiger partial charge in [-0.25, -0.2) is 0 Å². The zero-order chi connectivity index (χ0) is 13.5. The Balaban J connectivity index is 1.80. The molecule has 0 aromatic carbocycles. The van der Waals surface area contributed by atoms with Crippen LogP contribution in [0.2, 0.25) is 0 Å². The van der Waals surface area contributed by atoms with Gasteiger partial charge in [-0.2, -0.15) is 11.8 Å². The molecule has 1 aliphatic carbocycles. The van der Waals surface area contributed by atoms with Crippen LogP contribution in [0.15, 0.2) is 12.3 Å². The van der Waals surface area contributed by atoms with Crippen LogP contribution in [-0.2, 0) is 13.0 Å². The van der Waals surface area contributed by atoms with Crippen molar-refractivity contribution in [2.75, 3.05) is 11.5 Å². The summed E-state index contributed by atoms with van der Waals surface area (Å²) in [5.41, 5.74) is 9.63. The van der Waals surface area contributed by atoms with Crippen LogP contribution in [0.1, 0.15) is 50.4 Å². The van der Waals surface area contributed by atoms with Crippen molar-refractivity contribution >= 4 is 11.8 Å². The predicted molar refractivity (Wildman–Crippen MR) is 83.5 cm³/mol. The van der Waals surface area contributed by atoms with Gasteiger partial charge in [0.05, 0.1) is 0 Å². The lowest BCUT2D eigenvalue weighted by atomic mass is 9.74. The zero-order valence-corrected chi connectivity index (χ0v) is 13.0. The van der Waals surface area contributed by atoms with E-state index in [0.29, 0.717) is 5.41 Å². The summed E-state index contributed by atoms with van der Waals surface area (Å²) in [6, 6.07) is 2.51. The van der Waals surface area contributed by atoms with Crippen LogP contribution in [0.4, 0.5) is 0 Å². The summed E-state index contributed by atoms with van der Waals surface area (Å²) in [5, 5.41) is 0. The van der Waals surface area contributed by atoms with E-state index in [1.807, 2.05) is 0 Å². The molecule has 1 saturated heterocycles. The Morgan fingerprint density at radius 1 is 1.37 bits per heavy atom. The van der Waals surface area contributed by atoms with Gasteiger partial charge in [0.15, 0.2) is 0 Å². The smallest absolute Gasteiger partial charge is 0.0318 e. The van der Waals surface area contributed by atoms with Gasteiger partial charge in [-0.1, -0.05) is 13.8 Å². The third-order valence-corrected chi connectivity index (χ3v) is 5.78. The zero-order valence-electron chi connectivity index (χ0n) is 12.2. The molecule has 106 valence electrons. The van der Waals surface area contributed by atoms with Gasteiger partial charge in [0.2, 0.25) is 0 Å². The van der Waals surface area contributed by atoms with Gasteiger partial charge < -0.3 is 10.3 Å². The van der Waals surface area contributed by atoms with Gasteiger partial charge in [0, 0.05) is 24.5 Å². The maximum absolute atomic E-state index is 6.35. The van der Waals surface area contributed by atoms with Crippen LogP contribution in [0.3, 0.4) is 0 Å². The maximum atomic E-state index is 6.35. The molecule has 0 bridgehead atoms. The molecule has 0 amide bonds. The monoisotopic (exact) mass is 278 g/mol. The fraction of sp³-hybridized carbons (Fsp3) is 0.750. The fourth-order valence-corrected chi connectivity index (χ4v) is 4.88. The number of rotatable bonds is 2. The van der Waals surface area contributed by atoms with Gasteiger partial charge in [-0.05, 0) is 60.2 Å². The van der Waals surface area contributed by atoms with Crippen molar-refractivity contribution in [2.45, 2.75) is 52.1 Å². The molecule has 2 N–H and O–H groups in total. The van der Waals surface area contributed by atoms with Crippen LogP contribution in [-0.4, -0.2) is 16.1 Å². The van der Waals surface area contributed by atoms with Gasteiger partial charge in [0.25, 0.3) is 0 Å². The van der Waals surface area contributed by atoms with Crippen LogP contribution in [0.5, 0.6) is 0 Å². The number of nitrogens with two attached hydrogens (primary N) is 1. The summed E-state index contributed by atoms with van der Waals surface area (Å²) in [6.07, 6.45) is 7.35.